The highest BCUT2D eigenvalue weighted by molar-refractivity contribution is 5.75. The van der Waals surface area contributed by atoms with E-state index in [-0.39, 0.29) is 22.8 Å². The summed E-state index contributed by atoms with van der Waals surface area (Å²) in [5.74, 6) is -0.719. The number of aliphatic hydroxyl groups is 3. The van der Waals surface area contributed by atoms with Crippen LogP contribution in [0.3, 0.4) is 0 Å². The van der Waals surface area contributed by atoms with Crippen molar-refractivity contribution in [2.75, 3.05) is 0 Å². The third kappa shape index (κ3) is 2.44. The van der Waals surface area contributed by atoms with Gasteiger partial charge in [-0.3, -0.25) is 4.79 Å². The number of hydrogen-bond donors (Lipinski definition) is 4. The lowest BCUT2D eigenvalue weighted by molar-refractivity contribution is -0.163. The van der Waals surface area contributed by atoms with Crippen LogP contribution in [0.1, 0.15) is 52.9 Å². The highest BCUT2D eigenvalue weighted by Crippen LogP contribution is 2.64. The predicted octanol–water partition coefficient (Wildman–Crippen LogP) is 2.03. The van der Waals surface area contributed by atoms with Crippen molar-refractivity contribution >= 4 is 5.97 Å². The van der Waals surface area contributed by atoms with E-state index in [0.29, 0.717) is 12.8 Å². The summed E-state index contributed by atoms with van der Waals surface area (Å²) in [5.41, 5.74) is -0.636. The number of epoxide rings is 1. The zero-order chi connectivity index (χ0) is 20.6. The summed E-state index contributed by atoms with van der Waals surface area (Å²) in [4.78, 5) is 12.1. The van der Waals surface area contributed by atoms with Crippen molar-refractivity contribution in [3.05, 3.63) is 23.8 Å². The quantitative estimate of drug-likeness (QED) is 0.432. The third-order valence-electron chi connectivity index (χ3n) is 8.63. The number of carbonyl (C=O) groups is 1. The molecule has 0 aromatic carbocycles. The fraction of sp³-hybridized carbons (Fsp3) is 0.773. The number of aliphatic hydroxyl groups excluding tert-OH is 3. The standard InChI is InChI=1S/C22H32O6/c1-11-6-7-14-20(3,8-5-9-21(14,4)19(26)27)13(11)10-22-17(25)15(23)12(2)16(24)18(22)28-22/h6,13-18,23-25H,2,5,7-10H2,1,3-4H3,(H,26,27)/t13-,14+,15-,16+,17-,18+,20-,21-,22-/m1/s1. The van der Waals surface area contributed by atoms with Crippen LogP contribution in [-0.4, -0.2) is 56.4 Å². The van der Waals surface area contributed by atoms with E-state index in [0.717, 1.165) is 19.3 Å². The molecule has 0 spiro atoms. The van der Waals surface area contributed by atoms with Crippen LogP contribution in [0.2, 0.25) is 0 Å². The van der Waals surface area contributed by atoms with E-state index >= 15 is 0 Å². The summed E-state index contributed by atoms with van der Waals surface area (Å²) in [6.45, 7) is 9.80. The highest BCUT2D eigenvalue weighted by atomic mass is 16.6. The molecule has 1 heterocycles. The first-order valence-electron chi connectivity index (χ1n) is 10.3. The van der Waals surface area contributed by atoms with Crippen molar-refractivity contribution < 1.29 is 30.0 Å². The Bertz CT molecular complexity index is 745. The average molecular weight is 392 g/mol. The Kier molecular flexibility index (Phi) is 4.41. The Balaban J connectivity index is 1.68. The molecule has 3 aliphatic carbocycles. The molecule has 0 radical (unpaired) electrons. The molecule has 9 atom stereocenters. The lowest BCUT2D eigenvalue weighted by atomic mass is 9.47. The first kappa shape index (κ1) is 20.1. The van der Waals surface area contributed by atoms with Crippen LogP contribution in [0.4, 0.5) is 0 Å². The molecule has 28 heavy (non-hydrogen) atoms. The van der Waals surface area contributed by atoms with Crippen LogP contribution in [-0.2, 0) is 9.53 Å². The summed E-state index contributed by atoms with van der Waals surface area (Å²) in [7, 11) is 0. The van der Waals surface area contributed by atoms with Gasteiger partial charge in [0.2, 0.25) is 0 Å². The van der Waals surface area contributed by atoms with E-state index in [1.165, 1.54) is 5.57 Å². The van der Waals surface area contributed by atoms with Gasteiger partial charge in [-0.2, -0.15) is 0 Å². The van der Waals surface area contributed by atoms with Crippen molar-refractivity contribution in [3.63, 3.8) is 0 Å². The minimum atomic E-state index is -1.22. The number of fused-ring (bicyclic) bond motifs is 2. The van der Waals surface area contributed by atoms with E-state index in [1.54, 1.807) is 0 Å². The van der Waals surface area contributed by atoms with Gasteiger partial charge in [0.25, 0.3) is 0 Å². The van der Waals surface area contributed by atoms with E-state index in [2.05, 4.69) is 26.5 Å². The van der Waals surface area contributed by atoms with Crippen LogP contribution in [0.15, 0.2) is 23.8 Å². The summed E-state index contributed by atoms with van der Waals surface area (Å²) >= 11 is 0. The SMILES string of the molecule is C=C1[C@@H](O)[C@@H](O)[C@@]2(C[C@@H]3C(C)=CC[C@H]4[C@]3(C)CCC[C@@]4(C)C(=O)O)O[C@H]2[C@H]1O. The Morgan fingerprint density at radius 1 is 1.25 bits per heavy atom. The minimum Gasteiger partial charge on any atom is -0.481 e. The van der Waals surface area contributed by atoms with Crippen molar-refractivity contribution in [2.24, 2.45) is 22.7 Å². The monoisotopic (exact) mass is 392 g/mol. The summed E-state index contributed by atoms with van der Waals surface area (Å²) in [5, 5.41) is 41.5. The number of aliphatic carboxylic acids is 1. The van der Waals surface area contributed by atoms with Crippen molar-refractivity contribution in [1.82, 2.24) is 0 Å². The molecule has 4 aliphatic rings. The van der Waals surface area contributed by atoms with Gasteiger partial charge >= 0.3 is 5.97 Å². The molecule has 0 aromatic rings. The van der Waals surface area contributed by atoms with Gasteiger partial charge in [-0.05, 0) is 62.4 Å². The summed E-state index contributed by atoms with van der Waals surface area (Å²) < 4.78 is 5.84. The van der Waals surface area contributed by atoms with E-state index in [9.17, 15) is 25.2 Å². The topological polar surface area (TPSA) is 111 Å². The second-order valence-corrected chi connectivity index (χ2v) is 9.98. The second kappa shape index (κ2) is 6.14. The normalized spacial score (nSPS) is 53.1. The summed E-state index contributed by atoms with van der Waals surface area (Å²) in [6, 6.07) is 0. The second-order valence-electron chi connectivity index (χ2n) is 9.98. The molecule has 6 nitrogen and oxygen atoms in total. The molecule has 4 N–H and O–H groups in total. The van der Waals surface area contributed by atoms with Crippen molar-refractivity contribution in [2.45, 2.75) is 82.9 Å². The van der Waals surface area contributed by atoms with Crippen LogP contribution in [0.25, 0.3) is 0 Å². The number of allylic oxidation sites excluding steroid dienone is 2. The van der Waals surface area contributed by atoms with E-state index in [4.69, 9.17) is 4.74 Å². The summed E-state index contributed by atoms with van der Waals surface area (Å²) in [6.07, 6.45) is 1.86. The molecule has 2 saturated carbocycles. The molecule has 0 amide bonds. The maximum Gasteiger partial charge on any atom is 0.309 e. The average Bonchev–Trinajstić information content (AvgIpc) is 3.37. The van der Waals surface area contributed by atoms with Gasteiger partial charge in [0.1, 0.15) is 30.0 Å². The van der Waals surface area contributed by atoms with Gasteiger partial charge < -0.3 is 25.2 Å². The zero-order valence-corrected chi connectivity index (χ0v) is 16.9. The Labute approximate surface area is 165 Å². The van der Waals surface area contributed by atoms with E-state index < -0.39 is 41.4 Å². The molecule has 0 bridgehead atoms. The molecule has 0 aromatic heterocycles. The van der Waals surface area contributed by atoms with Gasteiger partial charge in [0.15, 0.2) is 0 Å². The van der Waals surface area contributed by atoms with Gasteiger partial charge in [-0.1, -0.05) is 31.6 Å². The fourth-order valence-corrected chi connectivity index (χ4v) is 6.69. The first-order chi connectivity index (χ1) is 13.0. The molecule has 0 unspecified atom stereocenters. The molecule has 3 fully saturated rings. The third-order valence-corrected chi connectivity index (χ3v) is 8.63. The Morgan fingerprint density at radius 3 is 2.57 bits per heavy atom. The van der Waals surface area contributed by atoms with Gasteiger partial charge in [-0.15, -0.1) is 0 Å². The Hall–Kier alpha value is -1.21. The maximum atomic E-state index is 12.1. The van der Waals surface area contributed by atoms with Gasteiger partial charge in [-0.25, -0.2) is 0 Å². The van der Waals surface area contributed by atoms with Crippen LogP contribution >= 0.6 is 0 Å². The van der Waals surface area contributed by atoms with Crippen molar-refractivity contribution in [3.8, 4) is 0 Å². The fourth-order valence-electron chi connectivity index (χ4n) is 6.69. The number of carboxylic acid groups (broad SMARTS) is 1. The first-order valence-corrected chi connectivity index (χ1v) is 10.3. The van der Waals surface area contributed by atoms with Gasteiger partial charge in [0.05, 0.1) is 5.41 Å². The predicted molar refractivity (Wildman–Crippen MR) is 102 cm³/mol. The molecular weight excluding hydrogens is 360 g/mol. The Morgan fingerprint density at radius 2 is 1.93 bits per heavy atom. The minimum absolute atomic E-state index is 0.000837. The molecule has 1 aliphatic heterocycles. The molecule has 156 valence electrons. The number of hydrogen-bond acceptors (Lipinski definition) is 5. The van der Waals surface area contributed by atoms with Crippen LogP contribution in [0.5, 0.6) is 0 Å². The molecule has 4 rings (SSSR count). The van der Waals surface area contributed by atoms with Crippen LogP contribution in [0, 0.1) is 22.7 Å². The maximum absolute atomic E-state index is 12.1. The van der Waals surface area contributed by atoms with Gasteiger partial charge in [0, 0.05) is 0 Å². The highest BCUT2D eigenvalue weighted by Gasteiger charge is 2.71. The number of carboxylic acids is 1. The van der Waals surface area contributed by atoms with Crippen molar-refractivity contribution in [1.29, 1.82) is 0 Å². The number of rotatable bonds is 3. The smallest absolute Gasteiger partial charge is 0.309 e. The molecule has 1 saturated heterocycles. The molecular formula is C22H32O6. The van der Waals surface area contributed by atoms with E-state index in [1.807, 2.05) is 6.92 Å². The lowest BCUT2D eigenvalue weighted by Gasteiger charge is -2.56. The van der Waals surface area contributed by atoms with Crippen LogP contribution < -0.4 is 0 Å². The largest absolute Gasteiger partial charge is 0.481 e. The molecule has 6 heteroatoms. The zero-order valence-electron chi connectivity index (χ0n) is 16.9. The number of ether oxygens (including phenoxy) is 1. The lowest BCUT2D eigenvalue weighted by Crippen LogP contribution is -2.56.